The number of imidazole rings is 1. The highest BCUT2D eigenvalue weighted by Gasteiger charge is 2.18. The Morgan fingerprint density at radius 1 is 0.914 bits per heavy atom. The van der Waals surface area contributed by atoms with Gasteiger partial charge in [0.25, 0.3) is 0 Å². The number of hydrogen-bond acceptors (Lipinski definition) is 7. The van der Waals surface area contributed by atoms with Crippen LogP contribution >= 0.6 is 11.5 Å². The van der Waals surface area contributed by atoms with Crippen LogP contribution in [0.25, 0.3) is 26.8 Å². The van der Waals surface area contributed by atoms with Crippen molar-refractivity contribution in [2.24, 2.45) is 0 Å². The summed E-state index contributed by atoms with van der Waals surface area (Å²) >= 11 is 1.38. The van der Waals surface area contributed by atoms with Gasteiger partial charge < -0.3 is 10.2 Å². The molecule has 3 aromatic carbocycles. The number of hydrogen-bond donors (Lipinski definition) is 2. The Morgan fingerprint density at radius 3 is 2.54 bits per heavy atom. The van der Waals surface area contributed by atoms with Crippen LogP contribution in [0.15, 0.2) is 65.6 Å². The van der Waals surface area contributed by atoms with Gasteiger partial charge in [0.1, 0.15) is 0 Å². The van der Waals surface area contributed by atoms with E-state index in [4.69, 9.17) is 0 Å². The van der Waals surface area contributed by atoms with Crippen molar-refractivity contribution in [3.63, 3.8) is 0 Å². The second-order valence-electron chi connectivity index (χ2n) is 8.63. The van der Waals surface area contributed by atoms with Crippen molar-refractivity contribution in [1.29, 1.82) is 0 Å². The van der Waals surface area contributed by atoms with E-state index in [2.05, 4.69) is 19.4 Å². The van der Waals surface area contributed by atoms with Crippen LogP contribution < -0.4 is 14.9 Å². The molecule has 0 atom stereocenters. The molecule has 0 amide bonds. The average Bonchev–Trinajstić information content (AvgIpc) is 3.42. The van der Waals surface area contributed by atoms with E-state index in [1.165, 1.54) is 11.5 Å². The Kier molecular flexibility index (Phi) is 6.59. The Balaban J connectivity index is 1.14. The predicted octanol–water partition coefficient (Wildman–Crippen LogP) is 4.72. The summed E-state index contributed by atoms with van der Waals surface area (Å²) in [6.45, 7) is 1.16. The van der Waals surface area contributed by atoms with Gasteiger partial charge in [0.05, 0.1) is 15.9 Å². The molecule has 0 spiro atoms. The minimum Gasteiger partial charge on any atom is -0.377 e. The summed E-state index contributed by atoms with van der Waals surface area (Å²) in [5, 5.41) is 5.05. The van der Waals surface area contributed by atoms with Crippen molar-refractivity contribution in [2.75, 3.05) is 37.4 Å². The van der Waals surface area contributed by atoms with Crippen LogP contribution in [0.1, 0.15) is 19.3 Å². The van der Waals surface area contributed by atoms with Crippen LogP contribution in [-0.4, -0.2) is 49.4 Å². The topological polar surface area (TPSA) is 91.6 Å². The first kappa shape index (κ1) is 23.5. The van der Waals surface area contributed by atoms with Crippen LogP contribution in [0.2, 0.25) is 0 Å². The highest BCUT2D eigenvalue weighted by molar-refractivity contribution is 7.89. The lowest BCUT2D eigenvalue weighted by Gasteiger charge is -2.17. The molecule has 0 saturated heterocycles. The lowest BCUT2D eigenvalue weighted by Crippen LogP contribution is -2.25. The van der Waals surface area contributed by atoms with E-state index >= 15 is 0 Å². The van der Waals surface area contributed by atoms with Gasteiger partial charge in [-0.2, -0.15) is 4.37 Å². The molecular weight excluding hydrogens is 480 g/mol. The van der Waals surface area contributed by atoms with Gasteiger partial charge in [-0.3, -0.25) is 4.40 Å². The van der Waals surface area contributed by atoms with E-state index in [0.29, 0.717) is 11.4 Å². The first-order valence-corrected chi connectivity index (χ1v) is 13.9. The smallest absolute Gasteiger partial charge is 0.241 e. The standard InChI is InChI=1S/C25H28N6O2S2/c1-30(2)21-14-8-11-19-18(21)10-9-15-23(19)35(32,33)27-17-7-3-6-16-26-24-29-34-25-28-20-12-4-5-13-22(20)31(24)25/h4-5,8-15,27H,3,6-7,16-17H2,1-2H3,(H,26,29). The summed E-state index contributed by atoms with van der Waals surface area (Å²) in [5.41, 5.74) is 2.99. The fourth-order valence-electron chi connectivity index (χ4n) is 4.31. The third-order valence-corrected chi connectivity index (χ3v) is 8.24. The number of unbranched alkanes of at least 4 members (excludes halogenated alkanes) is 2. The fraction of sp³-hybridized carbons (Fsp3) is 0.280. The van der Waals surface area contributed by atoms with Crippen molar-refractivity contribution >= 4 is 60.0 Å². The minimum atomic E-state index is -3.60. The van der Waals surface area contributed by atoms with Gasteiger partial charge >= 0.3 is 0 Å². The third-order valence-electron chi connectivity index (χ3n) is 6.01. The van der Waals surface area contributed by atoms with Crippen LogP contribution in [-0.2, 0) is 10.0 Å². The molecule has 10 heteroatoms. The number of rotatable bonds is 10. The van der Waals surface area contributed by atoms with E-state index in [1.54, 1.807) is 12.1 Å². The molecule has 0 aliphatic heterocycles. The number of benzene rings is 3. The maximum Gasteiger partial charge on any atom is 0.241 e. The molecule has 0 radical (unpaired) electrons. The van der Waals surface area contributed by atoms with E-state index < -0.39 is 10.0 Å². The Bertz CT molecular complexity index is 1590. The van der Waals surface area contributed by atoms with Crippen molar-refractivity contribution in [1.82, 2.24) is 18.5 Å². The monoisotopic (exact) mass is 508 g/mol. The maximum absolute atomic E-state index is 13.0. The van der Waals surface area contributed by atoms with Crippen molar-refractivity contribution in [3.8, 4) is 0 Å². The zero-order chi connectivity index (χ0) is 24.4. The summed E-state index contributed by atoms with van der Waals surface area (Å²) < 4.78 is 35.4. The van der Waals surface area contributed by atoms with Crippen LogP contribution in [0.5, 0.6) is 0 Å². The highest BCUT2D eigenvalue weighted by atomic mass is 32.2. The number of anilines is 2. The first-order valence-electron chi connectivity index (χ1n) is 11.6. The van der Waals surface area contributed by atoms with Crippen molar-refractivity contribution in [3.05, 3.63) is 60.7 Å². The number of sulfonamides is 1. The van der Waals surface area contributed by atoms with Crippen LogP contribution in [0.4, 0.5) is 11.6 Å². The summed E-state index contributed by atoms with van der Waals surface area (Å²) in [6.07, 6.45) is 2.57. The molecule has 182 valence electrons. The number of aromatic nitrogens is 3. The van der Waals surface area contributed by atoms with Gasteiger partial charge in [0.15, 0.2) is 0 Å². The third kappa shape index (κ3) is 4.69. The Labute approximate surface area is 208 Å². The second-order valence-corrected chi connectivity index (χ2v) is 11.1. The SMILES string of the molecule is CN(C)c1cccc2c(S(=O)(=O)NCCCCCNc3nsc4nc5ccccc5n34)cccc12. The molecular formula is C25H28N6O2S2. The number of fused-ring (bicyclic) bond motifs is 4. The van der Waals surface area contributed by atoms with Gasteiger partial charge in [0, 0.05) is 55.2 Å². The first-order chi connectivity index (χ1) is 17.0. The normalized spacial score (nSPS) is 12.1. The molecule has 0 aliphatic rings. The van der Waals surface area contributed by atoms with E-state index in [-0.39, 0.29) is 0 Å². The molecule has 35 heavy (non-hydrogen) atoms. The molecule has 5 aromatic rings. The summed E-state index contributed by atoms with van der Waals surface area (Å²) in [4.78, 5) is 7.78. The summed E-state index contributed by atoms with van der Waals surface area (Å²) in [7, 11) is 0.313. The Hall–Kier alpha value is -3.21. The fourth-order valence-corrected chi connectivity index (χ4v) is 6.32. The molecule has 0 saturated carbocycles. The predicted molar refractivity (Wildman–Crippen MR) is 144 cm³/mol. The van der Waals surface area contributed by atoms with Crippen molar-refractivity contribution < 1.29 is 8.42 Å². The highest BCUT2D eigenvalue weighted by Crippen LogP contribution is 2.30. The Morgan fingerprint density at radius 2 is 1.69 bits per heavy atom. The second kappa shape index (κ2) is 9.80. The number of nitrogens with zero attached hydrogens (tertiary/aromatic N) is 4. The van der Waals surface area contributed by atoms with Gasteiger partial charge in [-0.25, -0.2) is 18.1 Å². The summed E-state index contributed by atoms with van der Waals surface area (Å²) in [5.74, 6) is 0.799. The van der Waals surface area contributed by atoms with Gasteiger partial charge in [-0.05, 0) is 37.1 Å². The van der Waals surface area contributed by atoms with E-state index in [1.807, 2.05) is 71.9 Å². The van der Waals surface area contributed by atoms with Crippen LogP contribution in [0.3, 0.4) is 0 Å². The molecule has 2 heterocycles. The molecule has 0 fully saturated rings. The van der Waals surface area contributed by atoms with Gasteiger partial charge in [-0.1, -0.05) is 42.8 Å². The lowest BCUT2D eigenvalue weighted by atomic mass is 10.1. The molecule has 5 rings (SSSR count). The quantitative estimate of drug-likeness (QED) is 0.265. The largest absolute Gasteiger partial charge is 0.377 e. The number of para-hydroxylation sites is 2. The molecule has 8 nitrogen and oxygen atoms in total. The van der Waals surface area contributed by atoms with Crippen LogP contribution in [0, 0.1) is 0 Å². The van der Waals surface area contributed by atoms with Gasteiger partial charge in [-0.15, -0.1) is 0 Å². The zero-order valence-corrected chi connectivity index (χ0v) is 21.4. The molecule has 0 aliphatic carbocycles. The number of nitrogens with one attached hydrogen (secondary N) is 2. The molecule has 0 unspecified atom stereocenters. The molecule has 0 bridgehead atoms. The maximum atomic E-state index is 13.0. The lowest BCUT2D eigenvalue weighted by molar-refractivity contribution is 0.576. The molecule has 2 aromatic heterocycles. The van der Waals surface area contributed by atoms with Crippen molar-refractivity contribution in [2.45, 2.75) is 24.2 Å². The van der Waals surface area contributed by atoms with E-state index in [9.17, 15) is 8.42 Å². The zero-order valence-electron chi connectivity index (χ0n) is 19.7. The van der Waals surface area contributed by atoms with Gasteiger partial charge in [0.2, 0.25) is 20.9 Å². The average molecular weight is 509 g/mol. The summed E-state index contributed by atoms with van der Waals surface area (Å²) in [6, 6.07) is 19.2. The van der Waals surface area contributed by atoms with E-state index in [0.717, 1.165) is 64.2 Å². The minimum absolute atomic E-state index is 0.320. The molecule has 2 N–H and O–H groups in total.